The second kappa shape index (κ2) is 9.05. The molecule has 0 atom stereocenters. The maximum Gasteiger partial charge on any atom is 0.374 e. The lowest BCUT2D eigenvalue weighted by molar-refractivity contribution is 0.0565. The molecule has 3 rings (SSSR count). The van der Waals surface area contributed by atoms with Crippen LogP contribution in [0, 0.1) is 0 Å². The quantitative estimate of drug-likeness (QED) is 0.480. The second-order valence-electron chi connectivity index (χ2n) is 6.33. The first kappa shape index (κ1) is 20.1. The Morgan fingerprint density at radius 2 is 1.86 bits per heavy atom. The number of hydrogen-bond acceptors (Lipinski definition) is 6. The number of rotatable bonds is 7. The number of nitrogens with one attached hydrogen (secondary N) is 1. The monoisotopic (exact) mass is 395 g/mol. The molecule has 150 valence electrons. The summed E-state index contributed by atoms with van der Waals surface area (Å²) in [6.45, 7) is 2.71. The van der Waals surface area contributed by atoms with E-state index in [4.69, 9.17) is 9.15 Å². The second-order valence-corrected chi connectivity index (χ2v) is 6.33. The third kappa shape index (κ3) is 4.63. The van der Waals surface area contributed by atoms with Gasteiger partial charge in [-0.05, 0) is 42.8 Å². The first-order chi connectivity index (χ1) is 14.0. The molecular formula is C22H21NO6. The summed E-state index contributed by atoms with van der Waals surface area (Å²) in [7, 11) is 1.19. The van der Waals surface area contributed by atoms with Crippen molar-refractivity contribution in [2.45, 2.75) is 19.8 Å². The van der Waals surface area contributed by atoms with Gasteiger partial charge in [0.05, 0.1) is 24.8 Å². The van der Waals surface area contributed by atoms with Crippen molar-refractivity contribution in [1.29, 1.82) is 0 Å². The molecule has 29 heavy (non-hydrogen) atoms. The zero-order valence-corrected chi connectivity index (χ0v) is 16.2. The fourth-order valence-corrected chi connectivity index (χ4v) is 2.71. The Morgan fingerprint density at radius 3 is 2.55 bits per heavy atom. The van der Waals surface area contributed by atoms with E-state index in [1.807, 2.05) is 0 Å². The molecule has 0 aliphatic heterocycles. The van der Waals surface area contributed by atoms with Gasteiger partial charge in [0.15, 0.2) is 11.0 Å². The fraction of sp³-hybridized carbons (Fsp3) is 0.227. The van der Waals surface area contributed by atoms with Gasteiger partial charge in [-0.15, -0.1) is 0 Å². The van der Waals surface area contributed by atoms with Gasteiger partial charge >= 0.3 is 5.97 Å². The van der Waals surface area contributed by atoms with Gasteiger partial charge in [0, 0.05) is 11.6 Å². The molecule has 3 aromatic rings. The predicted molar refractivity (Wildman–Crippen MR) is 109 cm³/mol. The summed E-state index contributed by atoms with van der Waals surface area (Å²) >= 11 is 0. The first-order valence-electron chi connectivity index (χ1n) is 9.23. The number of esters is 1. The van der Waals surface area contributed by atoms with Crippen LogP contribution < -0.4 is 15.5 Å². The molecule has 2 aromatic carbocycles. The molecule has 7 nitrogen and oxygen atoms in total. The van der Waals surface area contributed by atoms with Crippen LogP contribution in [-0.2, 0) is 4.74 Å². The molecule has 1 aromatic heterocycles. The number of benzene rings is 2. The van der Waals surface area contributed by atoms with Crippen molar-refractivity contribution in [1.82, 2.24) is 0 Å². The van der Waals surface area contributed by atoms with Crippen LogP contribution >= 0.6 is 0 Å². The Labute approximate surface area is 167 Å². The van der Waals surface area contributed by atoms with E-state index in [1.165, 1.54) is 7.11 Å². The van der Waals surface area contributed by atoms with E-state index >= 15 is 0 Å². The number of carbonyl (C=O) groups excluding carboxylic acids is 2. The van der Waals surface area contributed by atoms with Gasteiger partial charge in [-0.3, -0.25) is 9.59 Å². The van der Waals surface area contributed by atoms with Crippen molar-refractivity contribution in [2.24, 2.45) is 0 Å². The van der Waals surface area contributed by atoms with E-state index in [2.05, 4.69) is 17.0 Å². The maximum atomic E-state index is 12.6. The number of amides is 1. The molecule has 0 aliphatic carbocycles. The maximum absolute atomic E-state index is 12.6. The van der Waals surface area contributed by atoms with Crippen LogP contribution in [0.5, 0.6) is 5.75 Å². The Hall–Kier alpha value is -3.61. The summed E-state index contributed by atoms with van der Waals surface area (Å²) in [5.41, 5.74) is 0.388. The number of fused-ring (bicyclic) bond motifs is 1. The van der Waals surface area contributed by atoms with Crippen molar-refractivity contribution in [2.75, 3.05) is 19.0 Å². The molecule has 7 heteroatoms. The number of para-hydroxylation sites is 1. The van der Waals surface area contributed by atoms with E-state index in [0.29, 0.717) is 17.9 Å². The number of unbranched alkanes of at least 4 members (excludes halogenated alkanes) is 1. The summed E-state index contributed by atoms with van der Waals surface area (Å²) in [4.78, 5) is 36.6. The minimum Gasteiger partial charge on any atom is -0.494 e. The first-order valence-corrected chi connectivity index (χ1v) is 9.23. The molecule has 0 saturated heterocycles. The Kier molecular flexibility index (Phi) is 6.29. The highest BCUT2D eigenvalue weighted by molar-refractivity contribution is 6.08. The summed E-state index contributed by atoms with van der Waals surface area (Å²) in [6.07, 6.45) is 2.00. The summed E-state index contributed by atoms with van der Waals surface area (Å²) in [5.74, 6) is -0.707. The Bertz CT molecular complexity index is 1080. The SMILES string of the molecule is CCCCOc1ccc(C(=O)Nc2cccc3c(=O)cc(C(=O)OC)oc23)cc1. The van der Waals surface area contributed by atoms with Crippen LogP contribution in [0.3, 0.4) is 0 Å². The van der Waals surface area contributed by atoms with Gasteiger partial charge in [-0.2, -0.15) is 0 Å². The van der Waals surface area contributed by atoms with E-state index < -0.39 is 11.4 Å². The molecule has 0 unspecified atom stereocenters. The van der Waals surface area contributed by atoms with Crippen molar-refractivity contribution in [3.05, 3.63) is 70.1 Å². The molecule has 1 heterocycles. The van der Waals surface area contributed by atoms with Crippen LogP contribution in [0.25, 0.3) is 11.0 Å². The minimum absolute atomic E-state index is 0.105. The molecule has 0 bridgehead atoms. The topological polar surface area (TPSA) is 94.8 Å². The van der Waals surface area contributed by atoms with E-state index in [1.54, 1.807) is 42.5 Å². The number of anilines is 1. The van der Waals surface area contributed by atoms with Crippen LogP contribution in [-0.4, -0.2) is 25.6 Å². The average molecular weight is 395 g/mol. The molecule has 0 saturated carbocycles. The Morgan fingerprint density at radius 1 is 1.10 bits per heavy atom. The fourth-order valence-electron chi connectivity index (χ4n) is 2.71. The highest BCUT2D eigenvalue weighted by atomic mass is 16.5. The van der Waals surface area contributed by atoms with Gasteiger partial charge in [0.25, 0.3) is 5.91 Å². The molecule has 0 spiro atoms. The highest BCUT2D eigenvalue weighted by Crippen LogP contribution is 2.23. The lowest BCUT2D eigenvalue weighted by atomic mass is 10.1. The van der Waals surface area contributed by atoms with Crippen molar-refractivity contribution < 1.29 is 23.5 Å². The normalized spacial score (nSPS) is 10.6. The molecule has 0 aliphatic rings. The third-order valence-corrected chi connectivity index (χ3v) is 4.27. The number of methoxy groups -OCH3 is 1. The van der Waals surface area contributed by atoms with E-state index in [9.17, 15) is 14.4 Å². The molecular weight excluding hydrogens is 374 g/mol. The van der Waals surface area contributed by atoms with Gasteiger partial charge in [0.1, 0.15) is 5.75 Å². The van der Waals surface area contributed by atoms with E-state index in [0.717, 1.165) is 18.9 Å². The average Bonchev–Trinajstić information content (AvgIpc) is 2.74. The standard InChI is InChI=1S/C22H21NO6/c1-3-4-12-28-15-10-8-14(9-11-15)21(25)23-17-7-5-6-16-18(24)13-19(22(26)27-2)29-20(16)17/h5-11,13H,3-4,12H2,1-2H3,(H,23,25). The van der Waals surface area contributed by atoms with Gasteiger partial charge < -0.3 is 19.2 Å². The Balaban J connectivity index is 1.85. The van der Waals surface area contributed by atoms with Crippen LogP contribution in [0.2, 0.25) is 0 Å². The van der Waals surface area contributed by atoms with Crippen molar-refractivity contribution >= 4 is 28.5 Å². The summed E-state index contributed by atoms with van der Waals surface area (Å²) < 4.78 is 15.7. The largest absolute Gasteiger partial charge is 0.494 e. The van der Waals surface area contributed by atoms with Crippen LogP contribution in [0.15, 0.2) is 57.7 Å². The van der Waals surface area contributed by atoms with Crippen LogP contribution in [0.1, 0.15) is 40.7 Å². The minimum atomic E-state index is -0.774. The number of carbonyl (C=O) groups is 2. The lowest BCUT2D eigenvalue weighted by Gasteiger charge is -2.10. The lowest BCUT2D eigenvalue weighted by Crippen LogP contribution is -2.14. The number of ether oxygens (including phenoxy) is 2. The zero-order chi connectivity index (χ0) is 20.8. The molecule has 1 amide bonds. The smallest absolute Gasteiger partial charge is 0.374 e. The summed E-state index contributed by atoms with van der Waals surface area (Å²) in [6, 6.07) is 12.6. The number of hydrogen-bond donors (Lipinski definition) is 1. The molecule has 1 N–H and O–H groups in total. The highest BCUT2D eigenvalue weighted by Gasteiger charge is 2.16. The van der Waals surface area contributed by atoms with Crippen LogP contribution in [0.4, 0.5) is 5.69 Å². The van der Waals surface area contributed by atoms with E-state index in [-0.39, 0.29) is 28.3 Å². The van der Waals surface area contributed by atoms with Gasteiger partial charge in [-0.1, -0.05) is 19.4 Å². The molecule has 0 radical (unpaired) electrons. The van der Waals surface area contributed by atoms with Crippen molar-refractivity contribution in [3.63, 3.8) is 0 Å². The zero-order valence-electron chi connectivity index (χ0n) is 16.2. The third-order valence-electron chi connectivity index (χ3n) is 4.27. The van der Waals surface area contributed by atoms with Gasteiger partial charge in [-0.25, -0.2) is 4.79 Å². The predicted octanol–water partition coefficient (Wildman–Crippen LogP) is 4.01. The van der Waals surface area contributed by atoms with Crippen molar-refractivity contribution in [3.8, 4) is 5.75 Å². The summed E-state index contributed by atoms with van der Waals surface area (Å²) in [5, 5.41) is 2.97. The molecule has 0 fully saturated rings. The van der Waals surface area contributed by atoms with Gasteiger partial charge in [0.2, 0.25) is 5.76 Å².